The summed E-state index contributed by atoms with van der Waals surface area (Å²) < 4.78 is 6.98. The summed E-state index contributed by atoms with van der Waals surface area (Å²) in [6, 6.07) is 16.4. The van der Waals surface area contributed by atoms with Crippen molar-refractivity contribution in [2.75, 3.05) is 13.1 Å². The van der Waals surface area contributed by atoms with Crippen LogP contribution in [0.1, 0.15) is 36.9 Å². The van der Waals surface area contributed by atoms with E-state index in [1.807, 2.05) is 31.2 Å². The predicted molar refractivity (Wildman–Crippen MR) is 138 cm³/mol. The fourth-order valence-corrected chi connectivity index (χ4v) is 4.05. The number of aromatic nitrogens is 2. The summed E-state index contributed by atoms with van der Waals surface area (Å²) in [5, 5.41) is 2.61. The SMILES string of the molecule is CCCCNN(CCc1nc2cc(Cl)ccc2c(=O)n1-c1ccc(C)cc1)C(=O)Cc1ccco1. The largest absolute Gasteiger partial charge is 0.469 e. The Morgan fingerprint density at radius 1 is 1.17 bits per heavy atom. The van der Waals surface area contributed by atoms with E-state index in [1.54, 1.807) is 46.2 Å². The van der Waals surface area contributed by atoms with Crippen LogP contribution in [0.3, 0.4) is 0 Å². The Labute approximate surface area is 209 Å². The number of furan rings is 1. The summed E-state index contributed by atoms with van der Waals surface area (Å²) in [5.74, 6) is 1.05. The highest BCUT2D eigenvalue weighted by Gasteiger charge is 2.18. The number of nitrogens with zero attached hydrogens (tertiary/aromatic N) is 3. The first-order chi connectivity index (χ1) is 17.0. The van der Waals surface area contributed by atoms with E-state index >= 15 is 0 Å². The molecule has 4 rings (SSSR count). The second-order valence-electron chi connectivity index (χ2n) is 8.48. The lowest BCUT2D eigenvalue weighted by Crippen LogP contribution is -2.45. The van der Waals surface area contributed by atoms with E-state index in [0.717, 1.165) is 24.1 Å². The Hall–Kier alpha value is -3.42. The van der Waals surface area contributed by atoms with Crippen molar-refractivity contribution in [2.45, 2.75) is 39.5 Å². The van der Waals surface area contributed by atoms with E-state index in [-0.39, 0.29) is 17.9 Å². The number of hydrazine groups is 1. The van der Waals surface area contributed by atoms with Gasteiger partial charge in [-0.3, -0.25) is 19.2 Å². The standard InChI is InChI=1S/C27H29ClN4O3/c1-3-4-14-29-31(26(33)18-22-6-5-16-35-22)15-13-25-30-24-17-20(28)9-12-23(24)27(34)32(25)21-10-7-19(2)8-11-21/h5-12,16-17,29H,3-4,13-15,18H2,1-2H3. The number of rotatable bonds is 10. The lowest BCUT2D eigenvalue weighted by molar-refractivity contribution is -0.134. The second kappa shape index (κ2) is 11.3. The molecule has 182 valence electrons. The Bertz CT molecular complexity index is 1350. The van der Waals surface area contributed by atoms with Gasteiger partial charge >= 0.3 is 0 Å². The van der Waals surface area contributed by atoms with Crippen molar-refractivity contribution in [1.29, 1.82) is 0 Å². The van der Waals surface area contributed by atoms with Crippen LogP contribution < -0.4 is 11.0 Å². The number of aryl methyl sites for hydroxylation is 1. The van der Waals surface area contributed by atoms with Crippen molar-refractivity contribution in [3.8, 4) is 5.69 Å². The molecule has 0 unspecified atom stereocenters. The van der Waals surface area contributed by atoms with Gasteiger partial charge in [-0.05, 0) is 55.8 Å². The molecular weight excluding hydrogens is 464 g/mol. The van der Waals surface area contributed by atoms with Crippen LogP contribution in [0.15, 0.2) is 70.1 Å². The van der Waals surface area contributed by atoms with Crippen LogP contribution in [-0.4, -0.2) is 33.6 Å². The predicted octanol–water partition coefficient (Wildman–Crippen LogP) is 4.86. The van der Waals surface area contributed by atoms with Gasteiger partial charge in [-0.2, -0.15) is 0 Å². The molecule has 0 aliphatic carbocycles. The van der Waals surface area contributed by atoms with Crippen molar-refractivity contribution < 1.29 is 9.21 Å². The van der Waals surface area contributed by atoms with Gasteiger partial charge in [0.2, 0.25) is 5.91 Å². The fraction of sp³-hybridized carbons (Fsp3) is 0.296. The average Bonchev–Trinajstić information content (AvgIpc) is 3.35. The van der Waals surface area contributed by atoms with Gasteiger partial charge in [0.1, 0.15) is 11.6 Å². The molecule has 7 nitrogen and oxygen atoms in total. The smallest absolute Gasteiger partial charge is 0.265 e. The molecule has 0 saturated heterocycles. The third kappa shape index (κ3) is 5.99. The molecule has 0 bridgehead atoms. The van der Waals surface area contributed by atoms with E-state index in [1.165, 1.54) is 0 Å². The third-order valence-electron chi connectivity index (χ3n) is 5.79. The van der Waals surface area contributed by atoms with Crippen LogP contribution in [0.4, 0.5) is 0 Å². The average molecular weight is 493 g/mol. The first-order valence-corrected chi connectivity index (χ1v) is 12.2. The first kappa shape index (κ1) is 24.7. The summed E-state index contributed by atoms with van der Waals surface area (Å²) in [6.45, 7) is 5.11. The first-order valence-electron chi connectivity index (χ1n) is 11.8. The van der Waals surface area contributed by atoms with Gasteiger partial charge in [-0.15, -0.1) is 0 Å². The number of amides is 1. The maximum Gasteiger partial charge on any atom is 0.265 e. The molecule has 2 heterocycles. The van der Waals surface area contributed by atoms with Crippen LogP contribution in [0.25, 0.3) is 16.6 Å². The second-order valence-corrected chi connectivity index (χ2v) is 8.92. The molecule has 1 N–H and O–H groups in total. The van der Waals surface area contributed by atoms with Gasteiger partial charge < -0.3 is 4.42 Å². The van der Waals surface area contributed by atoms with Crippen molar-refractivity contribution in [2.24, 2.45) is 0 Å². The molecule has 35 heavy (non-hydrogen) atoms. The molecule has 0 aliphatic heterocycles. The van der Waals surface area contributed by atoms with E-state index < -0.39 is 0 Å². The molecule has 8 heteroatoms. The molecule has 0 saturated carbocycles. The number of carbonyl (C=O) groups is 1. The monoisotopic (exact) mass is 492 g/mol. The Morgan fingerprint density at radius 2 is 1.97 bits per heavy atom. The van der Waals surface area contributed by atoms with E-state index in [9.17, 15) is 9.59 Å². The lowest BCUT2D eigenvalue weighted by Gasteiger charge is -2.24. The summed E-state index contributed by atoms with van der Waals surface area (Å²) in [4.78, 5) is 31.4. The number of fused-ring (bicyclic) bond motifs is 1. The van der Waals surface area contributed by atoms with E-state index in [0.29, 0.717) is 47.0 Å². The normalized spacial score (nSPS) is 11.2. The number of halogens is 1. The summed E-state index contributed by atoms with van der Waals surface area (Å²) >= 11 is 6.18. The summed E-state index contributed by atoms with van der Waals surface area (Å²) in [7, 11) is 0. The van der Waals surface area contributed by atoms with Gasteiger partial charge in [-0.25, -0.2) is 10.4 Å². The molecule has 2 aromatic heterocycles. The highest BCUT2D eigenvalue weighted by Crippen LogP contribution is 2.18. The van der Waals surface area contributed by atoms with Crippen molar-refractivity contribution >= 4 is 28.4 Å². The minimum Gasteiger partial charge on any atom is -0.469 e. The zero-order valence-electron chi connectivity index (χ0n) is 20.0. The van der Waals surface area contributed by atoms with Gasteiger partial charge in [0, 0.05) is 24.5 Å². The molecule has 0 fully saturated rings. The van der Waals surface area contributed by atoms with Crippen molar-refractivity contribution in [3.05, 3.63) is 93.4 Å². The fourth-order valence-electron chi connectivity index (χ4n) is 3.88. The Morgan fingerprint density at radius 3 is 2.69 bits per heavy atom. The highest BCUT2D eigenvalue weighted by molar-refractivity contribution is 6.31. The van der Waals surface area contributed by atoms with Gasteiger partial charge in [-0.1, -0.05) is 42.6 Å². The number of unbranched alkanes of at least 4 members (excludes halogenated alkanes) is 1. The van der Waals surface area contributed by atoms with Crippen LogP contribution in [-0.2, 0) is 17.6 Å². The van der Waals surface area contributed by atoms with Gasteiger partial charge in [0.25, 0.3) is 5.56 Å². The zero-order valence-corrected chi connectivity index (χ0v) is 20.7. The molecule has 0 atom stereocenters. The molecular formula is C27H29ClN4O3. The lowest BCUT2D eigenvalue weighted by atomic mass is 10.2. The molecule has 1 amide bonds. The van der Waals surface area contributed by atoms with Crippen LogP contribution in [0, 0.1) is 6.92 Å². The quantitative estimate of drug-likeness (QED) is 0.252. The van der Waals surface area contributed by atoms with E-state index in [4.69, 9.17) is 21.0 Å². The maximum atomic E-state index is 13.5. The van der Waals surface area contributed by atoms with Crippen molar-refractivity contribution in [1.82, 2.24) is 20.0 Å². The van der Waals surface area contributed by atoms with Crippen LogP contribution in [0.5, 0.6) is 0 Å². The topological polar surface area (TPSA) is 80.4 Å². The van der Waals surface area contributed by atoms with Crippen LogP contribution >= 0.6 is 11.6 Å². The van der Waals surface area contributed by atoms with E-state index in [2.05, 4.69) is 12.3 Å². The van der Waals surface area contributed by atoms with Gasteiger partial charge in [0.15, 0.2) is 0 Å². The Kier molecular flexibility index (Phi) is 8.00. The maximum absolute atomic E-state index is 13.5. The van der Waals surface area contributed by atoms with Gasteiger partial charge in [0.05, 0.1) is 29.3 Å². The number of nitrogens with one attached hydrogen (secondary N) is 1. The molecule has 0 aliphatic rings. The summed E-state index contributed by atoms with van der Waals surface area (Å²) in [5.41, 5.74) is 5.43. The zero-order chi connectivity index (χ0) is 24.8. The number of hydrogen-bond acceptors (Lipinski definition) is 5. The number of benzene rings is 2. The Balaban J connectivity index is 1.68. The number of hydrogen-bond donors (Lipinski definition) is 1. The molecule has 2 aromatic carbocycles. The van der Waals surface area contributed by atoms with Crippen LogP contribution in [0.2, 0.25) is 5.02 Å². The minimum atomic E-state index is -0.169. The number of carbonyl (C=O) groups excluding carboxylic acids is 1. The summed E-state index contributed by atoms with van der Waals surface area (Å²) in [6.07, 6.45) is 4.02. The molecule has 0 radical (unpaired) electrons. The molecule has 4 aromatic rings. The molecule has 0 spiro atoms. The minimum absolute atomic E-state index is 0.107. The van der Waals surface area contributed by atoms with Crippen molar-refractivity contribution in [3.63, 3.8) is 0 Å². The third-order valence-corrected chi connectivity index (χ3v) is 6.03. The highest BCUT2D eigenvalue weighted by atomic mass is 35.5.